The average molecular weight is 442 g/mol. The zero-order valence-electron chi connectivity index (χ0n) is 17.1. The zero-order chi connectivity index (χ0) is 22.1. The molecule has 1 amide bonds. The highest BCUT2D eigenvalue weighted by atomic mass is 32.1. The highest BCUT2D eigenvalue weighted by Gasteiger charge is 2.17. The molecule has 0 aliphatic carbocycles. The van der Waals surface area contributed by atoms with Gasteiger partial charge in [0.15, 0.2) is 5.13 Å². The molecule has 32 heavy (non-hydrogen) atoms. The molecule has 0 unspecified atom stereocenters. The molecule has 0 spiro atoms. The van der Waals surface area contributed by atoms with Crippen molar-refractivity contribution in [1.82, 2.24) is 4.98 Å². The Bertz CT molecular complexity index is 1500. The van der Waals surface area contributed by atoms with Crippen LogP contribution in [-0.4, -0.2) is 17.5 Å². The molecule has 2 heterocycles. The van der Waals surface area contributed by atoms with Gasteiger partial charge in [-0.15, -0.1) is 11.3 Å². The number of benzene rings is 3. The van der Waals surface area contributed by atoms with Crippen LogP contribution in [0, 0.1) is 0 Å². The van der Waals surface area contributed by atoms with Crippen LogP contribution in [0.3, 0.4) is 0 Å². The van der Waals surface area contributed by atoms with Crippen LogP contribution in [0.25, 0.3) is 33.0 Å². The third-order valence-electron chi connectivity index (χ3n) is 5.07. The van der Waals surface area contributed by atoms with E-state index in [1.165, 1.54) is 11.3 Å². The van der Waals surface area contributed by atoms with Crippen molar-refractivity contribution in [3.05, 3.63) is 88.1 Å². The molecule has 0 aliphatic heterocycles. The SMILES string of the molecule is CCOc1ccc(-c2csc(NC(=O)c3cc4c(ccc5ccccc54)oc3=O)n2)cc1. The molecule has 0 bridgehead atoms. The number of fused-ring (bicyclic) bond motifs is 3. The van der Waals surface area contributed by atoms with Gasteiger partial charge in [-0.25, -0.2) is 9.78 Å². The second kappa shape index (κ2) is 8.28. The van der Waals surface area contributed by atoms with Crippen molar-refractivity contribution in [2.45, 2.75) is 6.92 Å². The van der Waals surface area contributed by atoms with Gasteiger partial charge in [0.1, 0.15) is 16.9 Å². The maximum atomic E-state index is 12.9. The minimum absolute atomic E-state index is 0.0633. The Balaban J connectivity index is 1.43. The van der Waals surface area contributed by atoms with Gasteiger partial charge in [-0.3, -0.25) is 10.1 Å². The van der Waals surface area contributed by atoms with Gasteiger partial charge in [-0.1, -0.05) is 30.3 Å². The number of nitrogens with zero attached hydrogens (tertiary/aromatic N) is 1. The highest BCUT2D eigenvalue weighted by molar-refractivity contribution is 7.14. The molecule has 0 aliphatic rings. The van der Waals surface area contributed by atoms with Crippen LogP contribution in [0.5, 0.6) is 5.75 Å². The first-order chi connectivity index (χ1) is 15.6. The van der Waals surface area contributed by atoms with E-state index in [2.05, 4.69) is 10.3 Å². The van der Waals surface area contributed by atoms with Crippen molar-refractivity contribution in [3.63, 3.8) is 0 Å². The van der Waals surface area contributed by atoms with Gasteiger partial charge in [0.25, 0.3) is 5.91 Å². The van der Waals surface area contributed by atoms with E-state index in [1.807, 2.05) is 66.9 Å². The molecule has 5 rings (SSSR count). The van der Waals surface area contributed by atoms with Gasteiger partial charge in [-0.2, -0.15) is 0 Å². The first kappa shape index (κ1) is 20.0. The summed E-state index contributed by atoms with van der Waals surface area (Å²) in [7, 11) is 0. The van der Waals surface area contributed by atoms with Gasteiger partial charge < -0.3 is 9.15 Å². The van der Waals surface area contributed by atoms with Crippen LogP contribution in [0.2, 0.25) is 0 Å². The van der Waals surface area contributed by atoms with Crippen molar-refractivity contribution in [2.75, 3.05) is 11.9 Å². The summed E-state index contributed by atoms with van der Waals surface area (Å²) in [5.41, 5.74) is 1.32. The molecule has 0 saturated heterocycles. The van der Waals surface area contributed by atoms with Gasteiger partial charge >= 0.3 is 5.63 Å². The van der Waals surface area contributed by atoms with Crippen LogP contribution in [0.4, 0.5) is 5.13 Å². The number of carbonyl (C=O) groups is 1. The van der Waals surface area contributed by atoms with E-state index < -0.39 is 11.5 Å². The largest absolute Gasteiger partial charge is 0.494 e. The summed E-state index contributed by atoms with van der Waals surface area (Å²) in [5.74, 6) is 0.233. The summed E-state index contributed by atoms with van der Waals surface area (Å²) in [5, 5.41) is 7.59. The fourth-order valence-corrected chi connectivity index (χ4v) is 4.26. The van der Waals surface area contributed by atoms with Crippen LogP contribution in [-0.2, 0) is 0 Å². The summed E-state index contributed by atoms with van der Waals surface area (Å²) in [6.45, 7) is 2.53. The average Bonchev–Trinajstić information content (AvgIpc) is 3.27. The smallest absolute Gasteiger partial charge is 0.349 e. The maximum Gasteiger partial charge on any atom is 0.349 e. The second-order valence-corrected chi connectivity index (χ2v) is 7.95. The number of hydrogen-bond acceptors (Lipinski definition) is 6. The molecule has 6 nitrogen and oxygen atoms in total. The standard InChI is InChI=1S/C25H18N2O4S/c1-2-30-17-10-7-16(8-11-17)21-14-32-25(26-21)27-23(28)20-13-19-18-6-4-3-5-15(18)9-12-22(19)31-24(20)29/h3-14H,2H2,1H3,(H,26,27,28). The second-order valence-electron chi connectivity index (χ2n) is 7.10. The lowest BCUT2D eigenvalue weighted by Gasteiger charge is -2.05. The molecule has 2 aromatic heterocycles. The lowest BCUT2D eigenvalue weighted by molar-refractivity contribution is 0.102. The summed E-state index contributed by atoms with van der Waals surface area (Å²) in [6.07, 6.45) is 0. The number of aromatic nitrogens is 1. The van der Waals surface area contributed by atoms with Gasteiger partial charge in [-0.05, 0) is 54.1 Å². The Morgan fingerprint density at radius 3 is 2.69 bits per heavy atom. The Kier molecular flexibility index (Phi) is 5.17. The normalized spacial score (nSPS) is 11.0. The molecule has 5 aromatic rings. The van der Waals surface area contributed by atoms with E-state index in [9.17, 15) is 9.59 Å². The summed E-state index contributed by atoms with van der Waals surface area (Å²) in [4.78, 5) is 29.8. The Hall–Kier alpha value is -3.97. The lowest BCUT2D eigenvalue weighted by atomic mass is 10.0. The van der Waals surface area contributed by atoms with E-state index in [1.54, 1.807) is 12.1 Å². The predicted octanol–water partition coefficient (Wildman–Crippen LogP) is 5.72. The topological polar surface area (TPSA) is 81.4 Å². The fourth-order valence-electron chi connectivity index (χ4n) is 3.55. The van der Waals surface area contributed by atoms with E-state index in [0.717, 1.165) is 27.8 Å². The third kappa shape index (κ3) is 3.74. The summed E-state index contributed by atoms with van der Waals surface area (Å²) >= 11 is 1.29. The fraction of sp³-hybridized carbons (Fsp3) is 0.0800. The number of ether oxygens (including phenoxy) is 1. The molecule has 0 saturated carbocycles. The molecule has 0 radical (unpaired) electrons. The minimum Gasteiger partial charge on any atom is -0.494 e. The first-order valence-electron chi connectivity index (χ1n) is 10.1. The Labute approximate surface area is 187 Å². The molecular formula is C25H18N2O4S. The molecule has 1 N–H and O–H groups in total. The molecule has 3 aromatic carbocycles. The molecule has 7 heteroatoms. The number of rotatable bonds is 5. The molecule has 0 fully saturated rings. The molecular weight excluding hydrogens is 424 g/mol. The Morgan fingerprint density at radius 1 is 1.06 bits per heavy atom. The van der Waals surface area contributed by atoms with E-state index in [-0.39, 0.29) is 5.56 Å². The maximum absolute atomic E-state index is 12.9. The van der Waals surface area contributed by atoms with Crippen LogP contribution < -0.4 is 15.7 Å². The summed E-state index contributed by atoms with van der Waals surface area (Å²) in [6, 6.07) is 20.5. The quantitative estimate of drug-likeness (QED) is 0.278. The van der Waals surface area contributed by atoms with Crippen LogP contribution in [0.15, 0.2) is 81.3 Å². The van der Waals surface area contributed by atoms with Crippen molar-refractivity contribution in [1.29, 1.82) is 0 Å². The van der Waals surface area contributed by atoms with Crippen molar-refractivity contribution in [3.8, 4) is 17.0 Å². The van der Waals surface area contributed by atoms with Crippen molar-refractivity contribution in [2.24, 2.45) is 0 Å². The lowest BCUT2D eigenvalue weighted by Crippen LogP contribution is -2.20. The van der Waals surface area contributed by atoms with Crippen LogP contribution >= 0.6 is 11.3 Å². The summed E-state index contributed by atoms with van der Waals surface area (Å²) < 4.78 is 10.9. The van der Waals surface area contributed by atoms with Crippen molar-refractivity contribution < 1.29 is 13.9 Å². The number of thiazole rings is 1. The number of anilines is 1. The zero-order valence-corrected chi connectivity index (χ0v) is 17.9. The molecule has 158 valence electrons. The van der Waals surface area contributed by atoms with Gasteiger partial charge in [0, 0.05) is 16.3 Å². The van der Waals surface area contributed by atoms with Gasteiger partial charge in [0.05, 0.1) is 12.3 Å². The number of nitrogens with one attached hydrogen (secondary N) is 1. The van der Waals surface area contributed by atoms with E-state index in [4.69, 9.17) is 9.15 Å². The van der Waals surface area contributed by atoms with E-state index >= 15 is 0 Å². The number of carbonyl (C=O) groups excluding carboxylic acids is 1. The molecule has 0 atom stereocenters. The van der Waals surface area contributed by atoms with E-state index in [0.29, 0.717) is 22.7 Å². The number of hydrogen-bond donors (Lipinski definition) is 1. The van der Waals surface area contributed by atoms with Crippen LogP contribution in [0.1, 0.15) is 17.3 Å². The third-order valence-corrected chi connectivity index (χ3v) is 5.83. The Morgan fingerprint density at radius 2 is 1.88 bits per heavy atom. The highest BCUT2D eigenvalue weighted by Crippen LogP contribution is 2.28. The number of amides is 1. The predicted molar refractivity (Wildman–Crippen MR) is 127 cm³/mol. The first-order valence-corrected chi connectivity index (χ1v) is 11.0. The minimum atomic E-state index is -0.687. The monoisotopic (exact) mass is 442 g/mol. The van der Waals surface area contributed by atoms with Crippen molar-refractivity contribution >= 4 is 44.1 Å². The van der Waals surface area contributed by atoms with Gasteiger partial charge in [0.2, 0.25) is 0 Å².